The standard InChI is InChI=1S/C13H17N3O5/c1-20-9-4-2-3-8(11(9)17)13(18)16-5-6-21-10(7-16)12(14)15-19/h2-4,10,17,19H,5-7H2,1H3,(H2,14,15). The first-order valence-corrected chi connectivity index (χ1v) is 6.32. The third-order valence-corrected chi connectivity index (χ3v) is 3.25. The number of amides is 1. The number of carbonyl (C=O) groups is 1. The fourth-order valence-electron chi connectivity index (χ4n) is 2.11. The van der Waals surface area contributed by atoms with Crippen LogP contribution in [0.1, 0.15) is 10.4 Å². The number of benzene rings is 1. The van der Waals surface area contributed by atoms with Crippen LogP contribution in [-0.4, -0.2) is 59.9 Å². The van der Waals surface area contributed by atoms with Gasteiger partial charge in [0.15, 0.2) is 17.3 Å². The molecule has 1 atom stereocenters. The number of nitrogens with two attached hydrogens (primary N) is 1. The molecule has 0 saturated carbocycles. The van der Waals surface area contributed by atoms with Crippen molar-refractivity contribution in [3.8, 4) is 11.5 Å². The van der Waals surface area contributed by atoms with E-state index in [0.717, 1.165) is 0 Å². The Morgan fingerprint density at radius 1 is 1.57 bits per heavy atom. The first kappa shape index (κ1) is 14.9. The lowest BCUT2D eigenvalue weighted by atomic mass is 10.1. The normalized spacial score (nSPS) is 19.4. The first-order chi connectivity index (χ1) is 10.1. The van der Waals surface area contributed by atoms with Crippen LogP contribution >= 0.6 is 0 Å². The molecule has 2 rings (SSSR count). The number of carbonyl (C=O) groups excluding carboxylic acids is 1. The highest BCUT2D eigenvalue weighted by Gasteiger charge is 2.29. The molecular formula is C13H17N3O5. The van der Waals surface area contributed by atoms with Crippen molar-refractivity contribution in [2.45, 2.75) is 6.10 Å². The zero-order valence-corrected chi connectivity index (χ0v) is 11.5. The van der Waals surface area contributed by atoms with Crippen LogP contribution in [0.15, 0.2) is 23.4 Å². The summed E-state index contributed by atoms with van der Waals surface area (Å²) in [6, 6.07) is 4.69. The smallest absolute Gasteiger partial charge is 0.257 e. The molecule has 1 fully saturated rings. The number of aromatic hydroxyl groups is 1. The number of morpholine rings is 1. The second-order valence-corrected chi connectivity index (χ2v) is 4.49. The monoisotopic (exact) mass is 295 g/mol. The second-order valence-electron chi connectivity index (χ2n) is 4.49. The van der Waals surface area contributed by atoms with E-state index in [1.54, 1.807) is 12.1 Å². The molecule has 8 nitrogen and oxygen atoms in total. The minimum Gasteiger partial charge on any atom is -0.504 e. The van der Waals surface area contributed by atoms with E-state index in [2.05, 4.69) is 5.16 Å². The number of hydrogen-bond acceptors (Lipinski definition) is 6. The molecule has 0 spiro atoms. The summed E-state index contributed by atoms with van der Waals surface area (Å²) in [7, 11) is 1.41. The lowest BCUT2D eigenvalue weighted by Crippen LogP contribution is -2.50. The third-order valence-electron chi connectivity index (χ3n) is 3.25. The van der Waals surface area contributed by atoms with E-state index in [1.165, 1.54) is 18.1 Å². The SMILES string of the molecule is COc1cccc(C(=O)N2CCOC(C(N)=NO)C2)c1O. The van der Waals surface area contributed by atoms with Gasteiger partial charge in [-0.1, -0.05) is 11.2 Å². The topological polar surface area (TPSA) is 118 Å². The molecule has 1 aliphatic heterocycles. The van der Waals surface area contributed by atoms with Gasteiger partial charge in [-0.15, -0.1) is 0 Å². The van der Waals surface area contributed by atoms with Crippen LogP contribution in [0.4, 0.5) is 0 Å². The first-order valence-electron chi connectivity index (χ1n) is 6.32. The van der Waals surface area contributed by atoms with Crippen molar-refractivity contribution in [2.24, 2.45) is 10.9 Å². The Morgan fingerprint density at radius 3 is 3.00 bits per heavy atom. The van der Waals surface area contributed by atoms with Crippen LogP contribution in [0.25, 0.3) is 0 Å². The quantitative estimate of drug-likeness (QED) is 0.312. The van der Waals surface area contributed by atoms with Gasteiger partial charge < -0.3 is 30.4 Å². The largest absolute Gasteiger partial charge is 0.504 e. The number of amidine groups is 1. The van der Waals surface area contributed by atoms with Crippen molar-refractivity contribution in [3.05, 3.63) is 23.8 Å². The number of methoxy groups -OCH3 is 1. The fraction of sp³-hybridized carbons (Fsp3) is 0.385. The van der Waals surface area contributed by atoms with Crippen LogP contribution < -0.4 is 10.5 Å². The Balaban J connectivity index is 2.20. The van der Waals surface area contributed by atoms with E-state index in [1.807, 2.05) is 0 Å². The molecule has 1 aliphatic rings. The number of phenolic OH excluding ortho intramolecular Hbond substituents is 1. The lowest BCUT2D eigenvalue weighted by molar-refractivity contribution is 0.00660. The average Bonchev–Trinajstić information content (AvgIpc) is 2.53. The molecule has 1 heterocycles. The maximum atomic E-state index is 12.5. The van der Waals surface area contributed by atoms with Crippen molar-refractivity contribution in [1.82, 2.24) is 4.90 Å². The summed E-state index contributed by atoms with van der Waals surface area (Å²) in [5, 5.41) is 21.6. The van der Waals surface area contributed by atoms with E-state index in [4.69, 9.17) is 20.4 Å². The second kappa shape index (κ2) is 6.31. The van der Waals surface area contributed by atoms with E-state index in [-0.39, 0.29) is 42.0 Å². The number of nitrogens with zero attached hydrogens (tertiary/aromatic N) is 2. The third kappa shape index (κ3) is 3.00. The van der Waals surface area contributed by atoms with E-state index >= 15 is 0 Å². The van der Waals surface area contributed by atoms with Gasteiger partial charge in [-0.3, -0.25) is 4.79 Å². The van der Waals surface area contributed by atoms with Crippen molar-refractivity contribution < 1.29 is 24.6 Å². The fourth-order valence-corrected chi connectivity index (χ4v) is 2.11. The van der Waals surface area contributed by atoms with Gasteiger partial charge in [0.25, 0.3) is 5.91 Å². The molecule has 1 unspecified atom stereocenters. The number of ether oxygens (including phenoxy) is 2. The van der Waals surface area contributed by atoms with Crippen molar-refractivity contribution in [2.75, 3.05) is 26.8 Å². The molecule has 8 heteroatoms. The highest BCUT2D eigenvalue weighted by Crippen LogP contribution is 2.30. The highest BCUT2D eigenvalue weighted by molar-refractivity contribution is 5.98. The van der Waals surface area contributed by atoms with Crippen LogP contribution in [-0.2, 0) is 4.74 Å². The molecule has 21 heavy (non-hydrogen) atoms. The Kier molecular flexibility index (Phi) is 4.49. The molecule has 114 valence electrons. The summed E-state index contributed by atoms with van der Waals surface area (Å²) < 4.78 is 10.3. The molecule has 0 radical (unpaired) electrons. The Hall–Kier alpha value is -2.48. The summed E-state index contributed by atoms with van der Waals surface area (Å²) in [6.07, 6.45) is -0.666. The summed E-state index contributed by atoms with van der Waals surface area (Å²) in [5.74, 6) is -0.452. The molecule has 1 aromatic carbocycles. The van der Waals surface area contributed by atoms with E-state index in [9.17, 15) is 9.90 Å². The number of para-hydroxylation sites is 1. The van der Waals surface area contributed by atoms with Gasteiger partial charge in [-0.05, 0) is 12.1 Å². The van der Waals surface area contributed by atoms with Gasteiger partial charge in [-0.25, -0.2) is 0 Å². The molecule has 4 N–H and O–H groups in total. The minimum atomic E-state index is -0.666. The molecular weight excluding hydrogens is 278 g/mol. The lowest BCUT2D eigenvalue weighted by Gasteiger charge is -2.32. The Labute approximate surface area is 121 Å². The van der Waals surface area contributed by atoms with Crippen molar-refractivity contribution in [1.29, 1.82) is 0 Å². The van der Waals surface area contributed by atoms with Crippen LogP contribution in [0, 0.1) is 0 Å². The molecule has 1 aromatic rings. The van der Waals surface area contributed by atoms with Gasteiger partial charge in [0.05, 0.1) is 25.8 Å². The summed E-state index contributed by atoms with van der Waals surface area (Å²) >= 11 is 0. The number of hydrogen-bond donors (Lipinski definition) is 3. The molecule has 1 saturated heterocycles. The van der Waals surface area contributed by atoms with E-state index < -0.39 is 6.10 Å². The maximum absolute atomic E-state index is 12.5. The van der Waals surface area contributed by atoms with Crippen molar-refractivity contribution in [3.63, 3.8) is 0 Å². The Morgan fingerprint density at radius 2 is 2.33 bits per heavy atom. The maximum Gasteiger partial charge on any atom is 0.257 e. The predicted molar refractivity (Wildman–Crippen MR) is 73.7 cm³/mol. The molecule has 0 aliphatic carbocycles. The summed E-state index contributed by atoms with van der Waals surface area (Å²) in [4.78, 5) is 13.9. The summed E-state index contributed by atoms with van der Waals surface area (Å²) in [5.41, 5.74) is 5.63. The van der Waals surface area contributed by atoms with Crippen LogP contribution in [0.2, 0.25) is 0 Å². The average molecular weight is 295 g/mol. The number of phenols is 1. The number of oxime groups is 1. The van der Waals surface area contributed by atoms with Gasteiger partial charge in [-0.2, -0.15) is 0 Å². The summed E-state index contributed by atoms with van der Waals surface area (Å²) in [6.45, 7) is 0.757. The minimum absolute atomic E-state index is 0.0950. The van der Waals surface area contributed by atoms with Gasteiger partial charge in [0.2, 0.25) is 0 Å². The number of rotatable bonds is 3. The van der Waals surface area contributed by atoms with Gasteiger partial charge >= 0.3 is 0 Å². The zero-order chi connectivity index (χ0) is 15.4. The van der Waals surface area contributed by atoms with Crippen molar-refractivity contribution >= 4 is 11.7 Å². The van der Waals surface area contributed by atoms with E-state index in [0.29, 0.717) is 6.54 Å². The Bertz CT molecular complexity index is 561. The van der Waals surface area contributed by atoms with Crippen LogP contribution in [0.3, 0.4) is 0 Å². The van der Waals surface area contributed by atoms with Crippen LogP contribution in [0.5, 0.6) is 11.5 Å². The van der Waals surface area contributed by atoms with Gasteiger partial charge in [0.1, 0.15) is 6.10 Å². The predicted octanol–water partition coefficient (Wildman–Crippen LogP) is -0.0118. The molecule has 1 amide bonds. The molecule has 0 aromatic heterocycles. The zero-order valence-electron chi connectivity index (χ0n) is 11.5. The molecule has 0 bridgehead atoms. The van der Waals surface area contributed by atoms with Gasteiger partial charge in [0, 0.05) is 6.54 Å². The highest BCUT2D eigenvalue weighted by atomic mass is 16.5.